The van der Waals surface area contributed by atoms with Crippen molar-refractivity contribution in [2.45, 2.75) is 19.8 Å². The summed E-state index contributed by atoms with van der Waals surface area (Å²) >= 11 is 0. The predicted octanol–water partition coefficient (Wildman–Crippen LogP) is 2.34. The van der Waals surface area contributed by atoms with Gasteiger partial charge in [0.1, 0.15) is 5.82 Å². The van der Waals surface area contributed by atoms with Crippen LogP contribution < -0.4 is 10.2 Å². The van der Waals surface area contributed by atoms with Gasteiger partial charge in [0.2, 0.25) is 0 Å². The molecule has 0 saturated carbocycles. The Kier molecular flexibility index (Phi) is 7.82. The number of hydrogen-bond acceptors (Lipinski definition) is 3. The fourth-order valence-electron chi connectivity index (χ4n) is 2.74. The second kappa shape index (κ2) is 10.1. The summed E-state index contributed by atoms with van der Waals surface area (Å²) in [4.78, 5) is 8.89. The lowest BCUT2D eigenvalue weighted by atomic mass is 10.2. The number of rotatable bonds is 7. The van der Waals surface area contributed by atoms with Crippen LogP contribution in [0.25, 0.3) is 0 Å². The van der Waals surface area contributed by atoms with Crippen molar-refractivity contribution < 1.29 is 9.13 Å². The third-order valence-corrected chi connectivity index (χ3v) is 4.15. The van der Waals surface area contributed by atoms with Crippen molar-refractivity contribution in [3.63, 3.8) is 0 Å². The molecule has 0 amide bonds. The quantitative estimate of drug-likeness (QED) is 0.471. The van der Waals surface area contributed by atoms with Crippen LogP contribution in [0.1, 0.15) is 19.8 Å². The number of piperazine rings is 1. The molecular weight excluding hydrogens is 307 g/mol. The summed E-state index contributed by atoms with van der Waals surface area (Å²) in [6, 6.07) is 6.71. The minimum Gasteiger partial charge on any atom is -0.380 e. The van der Waals surface area contributed by atoms with Gasteiger partial charge in [0.25, 0.3) is 0 Å². The molecule has 1 aliphatic rings. The summed E-state index contributed by atoms with van der Waals surface area (Å²) in [6.07, 6.45) is 2.27. The van der Waals surface area contributed by atoms with E-state index in [4.69, 9.17) is 4.74 Å². The molecule has 1 saturated heterocycles. The molecule has 0 aromatic heterocycles. The molecule has 1 fully saturated rings. The fourth-order valence-corrected chi connectivity index (χ4v) is 2.74. The highest BCUT2D eigenvalue weighted by molar-refractivity contribution is 5.80. The fraction of sp³-hybridized carbons (Fsp3) is 0.611. The number of nitrogens with one attached hydrogen (secondary N) is 1. The third-order valence-electron chi connectivity index (χ3n) is 4.15. The van der Waals surface area contributed by atoms with Crippen molar-refractivity contribution >= 4 is 11.6 Å². The summed E-state index contributed by atoms with van der Waals surface area (Å²) in [7, 11) is 1.81. The number of ether oxygens (including phenoxy) is 1. The summed E-state index contributed by atoms with van der Waals surface area (Å²) in [5, 5.41) is 3.36. The lowest BCUT2D eigenvalue weighted by Gasteiger charge is -2.37. The van der Waals surface area contributed by atoms with E-state index < -0.39 is 0 Å². The van der Waals surface area contributed by atoms with E-state index in [1.807, 2.05) is 19.2 Å². The number of benzene rings is 1. The molecule has 134 valence electrons. The van der Waals surface area contributed by atoms with E-state index in [1.165, 1.54) is 12.1 Å². The van der Waals surface area contributed by atoms with Gasteiger partial charge in [0.05, 0.1) is 6.61 Å². The third kappa shape index (κ3) is 5.67. The van der Waals surface area contributed by atoms with Gasteiger partial charge in [-0.15, -0.1) is 0 Å². The van der Waals surface area contributed by atoms with Crippen molar-refractivity contribution in [1.82, 2.24) is 10.2 Å². The summed E-state index contributed by atoms with van der Waals surface area (Å²) in [5.41, 5.74) is 1.07. The first-order valence-corrected chi connectivity index (χ1v) is 8.78. The molecule has 1 aromatic carbocycles. The molecule has 6 heteroatoms. The monoisotopic (exact) mass is 336 g/mol. The van der Waals surface area contributed by atoms with Gasteiger partial charge in [-0.2, -0.15) is 0 Å². The molecule has 1 N–H and O–H groups in total. The van der Waals surface area contributed by atoms with Crippen molar-refractivity contribution in [2.75, 3.05) is 57.9 Å². The van der Waals surface area contributed by atoms with Gasteiger partial charge >= 0.3 is 0 Å². The van der Waals surface area contributed by atoms with Crippen LogP contribution in [0.4, 0.5) is 10.1 Å². The van der Waals surface area contributed by atoms with Crippen molar-refractivity contribution in [3.05, 3.63) is 30.1 Å². The number of halogens is 1. The molecule has 0 spiro atoms. The highest BCUT2D eigenvalue weighted by atomic mass is 19.1. The van der Waals surface area contributed by atoms with Crippen LogP contribution in [0.3, 0.4) is 0 Å². The maximum absolute atomic E-state index is 13.0. The zero-order valence-electron chi connectivity index (χ0n) is 14.8. The Bertz CT molecular complexity index is 498. The predicted molar refractivity (Wildman–Crippen MR) is 97.3 cm³/mol. The Morgan fingerprint density at radius 1 is 1.17 bits per heavy atom. The largest absolute Gasteiger partial charge is 0.380 e. The van der Waals surface area contributed by atoms with Gasteiger partial charge in [-0.25, -0.2) is 4.39 Å². The average Bonchev–Trinajstić information content (AvgIpc) is 2.62. The topological polar surface area (TPSA) is 40.1 Å². The Labute approximate surface area is 144 Å². The van der Waals surface area contributed by atoms with Gasteiger partial charge in [0.15, 0.2) is 5.96 Å². The second-order valence-corrected chi connectivity index (χ2v) is 5.89. The van der Waals surface area contributed by atoms with Gasteiger partial charge in [-0.3, -0.25) is 4.99 Å². The maximum Gasteiger partial charge on any atom is 0.193 e. The SMILES string of the molecule is CCCCOCCNC(=NC)N1CCN(c2ccc(F)cc2)CC1. The summed E-state index contributed by atoms with van der Waals surface area (Å²) < 4.78 is 18.6. The summed E-state index contributed by atoms with van der Waals surface area (Å²) in [6.45, 7) is 8.06. The first-order chi connectivity index (χ1) is 11.7. The van der Waals surface area contributed by atoms with Crippen LogP contribution in [0.5, 0.6) is 0 Å². The highest BCUT2D eigenvalue weighted by Gasteiger charge is 2.19. The van der Waals surface area contributed by atoms with E-state index >= 15 is 0 Å². The number of aliphatic imine (C=N–C) groups is 1. The van der Waals surface area contributed by atoms with E-state index in [2.05, 4.69) is 27.0 Å². The molecule has 5 nitrogen and oxygen atoms in total. The Balaban J connectivity index is 1.72. The van der Waals surface area contributed by atoms with Crippen LogP contribution in [-0.4, -0.2) is 63.8 Å². The Hall–Kier alpha value is -1.82. The van der Waals surface area contributed by atoms with Gasteiger partial charge in [-0.05, 0) is 30.7 Å². The molecule has 1 aromatic rings. The van der Waals surface area contributed by atoms with Crippen LogP contribution in [0.15, 0.2) is 29.3 Å². The lowest BCUT2D eigenvalue weighted by molar-refractivity contribution is 0.135. The molecule has 1 aliphatic heterocycles. The molecule has 0 aliphatic carbocycles. The minimum absolute atomic E-state index is 0.192. The minimum atomic E-state index is -0.192. The maximum atomic E-state index is 13.0. The smallest absolute Gasteiger partial charge is 0.193 e. The van der Waals surface area contributed by atoms with Crippen LogP contribution in [-0.2, 0) is 4.74 Å². The molecule has 2 rings (SSSR count). The van der Waals surface area contributed by atoms with E-state index in [9.17, 15) is 4.39 Å². The summed E-state index contributed by atoms with van der Waals surface area (Å²) in [5.74, 6) is 0.732. The molecule has 24 heavy (non-hydrogen) atoms. The van der Waals surface area contributed by atoms with Crippen LogP contribution in [0, 0.1) is 5.82 Å². The highest BCUT2D eigenvalue weighted by Crippen LogP contribution is 2.16. The lowest BCUT2D eigenvalue weighted by Crippen LogP contribution is -2.53. The molecule has 1 heterocycles. The number of guanidine groups is 1. The number of hydrogen-bond donors (Lipinski definition) is 1. The van der Waals surface area contributed by atoms with Crippen molar-refractivity contribution in [3.8, 4) is 0 Å². The molecule has 0 atom stereocenters. The molecule has 0 radical (unpaired) electrons. The van der Waals surface area contributed by atoms with E-state index in [0.717, 1.165) is 63.8 Å². The second-order valence-electron chi connectivity index (χ2n) is 5.89. The normalized spacial score (nSPS) is 15.7. The number of nitrogens with zero attached hydrogens (tertiary/aromatic N) is 3. The standard InChI is InChI=1S/C18H29FN4O/c1-3-4-14-24-15-9-21-18(20-2)23-12-10-22(11-13-23)17-7-5-16(19)6-8-17/h5-8H,3-4,9-15H2,1-2H3,(H,20,21). The first kappa shape index (κ1) is 18.5. The zero-order valence-corrected chi connectivity index (χ0v) is 14.8. The van der Waals surface area contributed by atoms with E-state index in [1.54, 1.807) is 0 Å². The van der Waals surface area contributed by atoms with Crippen molar-refractivity contribution in [1.29, 1.82) is 0 Å². The van der Waals surface area contributed by atoms with Gasteiger partial charge in [-0.1, -0.05) is 13.3 Å². The molecule has 0 unspecified atom stereocenters. The van der Waals surface area contributed by atoms with Crippen molar-refractivity contribution in [2.24, 2.45) is 4.99 Å². The Morgan fingerprint density at radius 3 is 2.50 bits per heavy atom. The zero-order chi connectivity index (χ0) is 17.2. The van der Waals surface area contributed by atoms with E-state index in [-0.39, 0.29) is 5.82 Å². The average molecular weight is 336 g/mol. The molecular formula is C18H29FN4O. The van der Waals surface area contributed by atoms with Crippen LogP contribution >= 0.6 is 0 Å². The first-order valence-electron chi connectivity index (χ1n) is 8.78. The van der Waals surface area contributed by atoms with Crippen LogP contribution in [0.2, 0.25) is 0 Å². The molecule has 0 bridgehead atoms. The van der Waals surface area contributed by atoms with Gasteiger partial charge in [0, 0.05) is 52.1 Å². The van der Waals surface area contributed by atoms with Gasteiger partial charge < -0.3 is 19.9 Å². The number of anilines is 1. The number of unbranched alkanes of at least 4 members (excludes halogenated alkanes) is 1. The Morgan fingerprint density at radius 2 is 1.88 bits per heavy atom. The van der Waals surface area contributed by atoms with E-state index in [0.29, 0.717) is 6.61 Å².